The van der Waals surface area contributed by atoms with E-state index in [2.05, 4.69) is 10.6 Å². The predicted octanol–water partition coefficient (Wildman–Crippen LogP) is 10.4. The molecule has 0 atom stereocenters. The first-order valence-corrected chi connectivity index (χ1v) is 14.4. The normalized spacial score (nSPS) is 13.6. The molecule has 272 valence electrons. The molecule has 0 aromatic heterocycles. The molecule has 0 spiro atoms. The van der Waals surface area contributed by atoms with Gasteiger partial charge in [-0.05, 0) is 58.3 Å². The van der Waals surface area contributed by atoms with Crippen LogP contribution >= 0.6 is 0 Å². The first-order chi connectivity index (χ1) is 25.1. The number of nitrogens with zero attached hydrogens (tertiary/aromatic N) is 4. The van der Waals surface area contributed by atoms with E-state index >= 15 is 0 Å². The lowest BCUT2D eigenvalue weighted by Crippen LogP contribution is -2.13. The quantitative estimate of drug-likeness (QED) is 0.152. The Morgan fingerprint density at radius 3 is 1.09 bits per heavy atom. The topological polar surface area (TPSA) is 138 Å². The highest BCUT2D eigenvalue weighted by Gasteiger charge is 2.43. The SMILES string of the molecule is N#CC(C#N)=C1Nc2cc3c(-c4ccc(C(F)(F)F)cc4C(F)(F)F)c4c(cc3c(-c3ccc(C(F)(F)F)cc3C(F)(F)F)c2O1)NC(=C(C#N)C#N)O4. The molecule has 0 amide bonds. The third-order valence-corrected chi connectivity index (χ3v) is 8.00. The van der Waals surface area contributed by atoms with Crippen molar-refractivity contribution in [3.8, 4) is 58.0 Å². The number of rotatable bonds is 2. The van der Waals surface area contributed by atoms with Gasteiger partial charge in [-0.15, -0.1) is 0 Å². The van der Waals surface area contributed by atoms with Crippen LogP contribution in [0, 0.1) is 45.3 Å². The lowest BCUT2D eigenvalue weighted by molar-refractivity contribution is -0.144. The Morgan fingerprint density at radius 1 is 0.481 bits per heavy atom. The average molecular weight is 762 g/mol. The van der Waals surface area contributed by atoms with Crippen molar-refractivity contribution < 1.29 is 62.2 Å². The zero-order valence-electron chi connectivity index (χ0n) is 25.8. The highest BCUT2D eigenvalue weighted by molar-refractivity contribution is 6.14. The minimum Gasteiger partial charge on any atom is -0.436 e. The van der Waals surface area contributed by atoms with Gasteiger partial charge in [-0.2, -0.15) is 73.7 Å². The van der Waals surface area contributed by atoms with Crippen LogP contribution < -0.4 is 20.1 Å². The number of nitrogens with one attached hydrogen (secondary N) is 2. The maximum absolute atomic E-state index is 14.6. The van der Waals surface area contributed by atoms with Crippen LogP contribution in [0.1, 0.15) is 22.3 Å². The van der Waals surface area contributed by atoms with Gasteiger partial charge in [-0.3, -0.25) is 0 Å². The summed E-state index contributed by atoms with van der Waals surface area (Å²) in [5.74, 6) is -2.72. The molecule has 0 saturated heterocycles. The molecule has 4 aromatic rings. The van der Waals surface area contributed by atoms with Crippen LogP contribution in [0.5, 0.6) is 11.5 Å². The van der Waals surface area contributed by atoms with Crippen LogP contribution in [0.3, 0.4) is 0 Å². The Labute approximate surface area is 292 Å². The van der Waals surface area contributed by atoms with E-state index in [1.807, 2.05) is 0 Å². The fraction of sp³-hybridized carbons (Fsp3) is 0.118. The lowest BCUT2D eigenvalue weighted by Gasteiger charge is -2.22. The van der Waals surface area contributed by atoms with E-state index in [1.54, 1.807) is 0 Å². The fourth-order valence-electron chi connectivity index (χ4n) is 5.76. The van der Waals surface area contributed by atoms with Gasteiger partial charge in [0.1, 0.15) is 24.3 Å². The standard InChI is InChI=1S/C34H10F12N6O2/c35-31(36,37)15-1-3-17(21(5-15)33(41,42)43)25-19-7-24-28(54-30(52-24)14(11-49)12-50)26(18-4-2-16(32(38,39)40)6-22(18)34(44,45)46)20(19)8-23-27(25)53-29(51-23)13(9-47)10-48/h1-8,51-52H. The van der Waals surface area contributed by atoms with Gasteiger partial charge in [-0.25, -0.2) is 0 Å². The zero-order chi connectivity index (χ0) is 39.7. The molecule has 20 heteroatoms. The van der Waals surface area contributed by atoms with Gasteiger partial charge in [0, 0.05) is 11.1 Å². The molecule has 2 N–H and O–H groups in total. The predicted molar refractivity (Wildman–Crippen MR) is 160 cm³/mol. The third-order valence-electron chi connectivity index (χ3n) is 8.00. The van der Waals surface area contributed by atoms with Crippen molar-refractivity contribution in [3.05, 3.63) is 93.7 Å². The number of halogens is 12. The molecule has 0 aliphatic carbocycles. The Kier molecular flexibility index (Phi) is 8.35. The molecule has 2 heterocycles. The molecule has 0 radical (unpaired) electrons. The molecule has 0 saturated carbocycles. The molecular formula is C34H10F12N6O2. The molecule has 4 aromatic carbocycles. The minimum atomic E-state index is -5.55. The molecule has 0 bridgehead atoms. The summed E-state index contributed by atoms with van der Waals surface area (Å²) < 4.78 is 181. The molecule has 0 unspecified atom stereocenters. The van der Waals surface area contributed by atoms with Gasteiger partial charge in [0.2, 0.25) is 11.8 Å². The maximum atomic E-state index is 14.6. The van der Waals surface area contributed by atoms with E-state index in [-0.39, 0.29) is 24.3 Å². The van der Waals surface area contributed by atoms with Crippen LogP contribution in [0.2, 0.25) is 0 Å². The number of allylic oxidation sites excluding steroid dienone is 2. The minimum absolute atomic E-state index is 0.240. The van der Waals surface area contributed by atoms with Crippen LogP contribution in [0.15, 0.2) is 71.4 Å². The number of fused-ring (bicyclic) bond motifs is 3. The zero-order valence-corrected chi connectivity index (χ0v) is 25.8. The number of nitriles is 4. The molecule has 2 aliphatic heterocycles. The summed E-state index contributed by atoms with van der Waals surface area (Å²) >= 11 is 0. The van der Waals surface area contributed by atoms with E-state index in [4.69, 9.17) is 9.47 Å². The largest absolute Gasteiger partial charge is 0.436 e. The van der Waals surface area contributed by atoms with E-state index in [0.717, 1.165) is 12.1 Å². The monoisotopic (exact) mass is 762 g/mol. The van der Waals surface area contributed by atoms with Crippen LogP contribution in [-0.2, 0) is 24.7 Å². The van der Waals surface area contributed by atoms with Gasteiger partial charge in [-0.1, -0.05) is 12.1 Å². The van der Waals surface area contributed by atoms with Crippen molar-refractivity contribution in [2.75, 3.05) is 10.6 Å². The summed E-state index contributed by atoms with van der Waals surface area (Å²) in [6.07, 6.45) is -21.7. The molecule has 0 fully saturated rings. The molecule has 2 aliphatic rings. The van der Waals surface area contributed by atoms with Crippen LogP contribution in [0.4, 0.5) is 64.1 Å². The van der Waals surface area contributed by atoms with Crippen molar-refractivity contribution in [1.29, 1.82) is 21.0 Å². The van der Waals surface area contributed by atoms with Crippen molar-refractivity contribution in [2.45, 2.75) is 24.7 Å². The highest BCUT2D eigenvalue weighted by Crippen LogP contribution is 2.57. The number of alkyl halides is 12. The summed E-state index contributed by atoms with van der Waals surface area (Å²) in [5.41, 5.74) is -13.5. The first kappa shape index (κ1) is 36.7. The van der Waals surface area contributed by atoms with Crippen molar-refractivity contribution >= 4 is 22.1 Å². The number of hydrogen-bond donors (Lipinski definition) is 2. The Balaban J connectivity index is 1.86. The number of ether oxygens (including phenoxy) is 2. The lowest BCUT2D eigenvalue weighted by atomic mass is 9.86. The first-order valence-electron chi connectivity index (χ1n) is 14.4. The van der Waals surface area contributed by atoms with Gasteiger partial charge < -0.3 is 20.1 Å². The van der Waals surface area contributed by atoms with Crippen molar-refractivity contribution in [3.63, 3.8) is 0 Å². The fourth-order valence-corrected chi connectivity index (χ4v) is 5.76. The Bertz CT molecular complexity index is 2340. The van der Waals surface area contributed by atoms with E-state index in [1.165, 1.54) is 24.3 Å². The van der Waals surface area contributed by atoms with Gasteiger partial charge in [0.05, 0.1) is 33.6 Å². The number of anilines is 2. The second-order valence-corrected chi connectivity index (χ2v) is 11.2. The van der Waals surface area contributed by atoms with Crippen LogP contribution in [0.25, 0.3) is 33.0 Å². The second-order valence-electron chi connectivity index (χ2n) is 11.2. The van der Waals surface area contributed by atoms with Crippen molar-refractivity contribution in [2.24, 2.45) is 0 Å². The van der Waals surface area contributed by atoms with Crippen molar-refractivity contribution in [1.82, 2.24) is 0 Å². The maximum Gasteiger partial charge on any atom is 0.417 e. The van der Waals surface area contributed by atoms with E-state index in [9.17, 15) is 73.7 Å². The van der Waals surface area contributed by atoms with Gasteiger partial charge >= 0.3 is 24.7 Å². The summed E-state index contributed by atoms with van der Waals surface area (Å²) in [7, 11) is 0. The number of benzene rings is 4. The molecule has 6 rings (SSSR count). The summed E-state index contributed by atoms with van der Waals surface area (Å²) in [4.78, 5) is 0. The summed E-state index contributed by atoms with van der Waals surface area (Å²) in [6, 6.07) is 8.51. The summed E-state index contributed by atoms with van der Waals surface area (Å²) in [5, 5.41) is 41.5. The smallest absolute Gasteiger partial charge is 0.417 e. The van der Waals surface area contributed by atoms with E-state index < -0.39 is 126 Å². The molecule has 8 nitrogen and oxygen atoms in total. The molecule has 54 heavy (non-hydrogen) atoms. The second kappa shape index (κ2) is 12.3. The van der Waals surface area contributed by atoms with Gasteiger partial charge in [0.15, 0.2) is 22.6 Å². The summed E-state index contributed by atoms with van der Waals surface area (Å²) in [6.45, 7) is 0. The molecular weight excluding hydrogens is 752 g/mol. The highest BCUT2D eigenvalue weighted by atomic mass is 19.4. The Morgan fingerprint density at radius 2 is 0.815 bits per heavy atom. The number of hydrogen-bond acceptors (Lipinski definition) is 8. The van der Waals surface area contributed by atoms with Gasteiger partial charge in [0.25, 0.3) is 0 Å². The van der Waals surface area contributed by atoms with E-state index in [0.29, 0.717) is 12.1 Å². The average Bonchev–Trinajstić information content (AvgIpc) is 3.69. The van der Waals surface area contributed by atoms with Crippen LogP contribution in [-0.4, -0.2) is 0 Å². The third kappa shape index (κ3) is 6.13. The Hall–Kier alpha value is -7.06.